The molecule has 1 saturated heterocycles. The zero-order chi connectivity index (χ0) is 12.3. The van der Waals surface area contributed by atoms with E-state index >= 15 is 0 Å². The molecule has 96 valence electrons. The third kappa shape index (κ3) is 4.04. The van der Waals surface area contributed by atoms with Crippen LogP contribution in [0.5, 0.6) is 0 Å². The van der Waals surface area contributed by atoms with E-state index in [4.69, 9.17) is 0 Å². The lowest BCUT2D eigenvalue weighted by atomic mass is 10.0. The smallest absolute Gasteiger partial charge is 0.0200 e. The summed E-state index contributed by atoms with van der Waals surface area (Å²) in [5.41, 5.74) is 0.313. The molecule has 3 nitrogen and oxygen atoms in total. The van der Waals surface area contributed by atoms with Gasteiger partial charge < -0.3 is 4.90 Å². The van der Waals surface area contributed by atoms with Crippen LogP contribution in [0, 0.1) is 0 Å². The van der Waals surface area contributed by atoms with Crippen LogP contribution in [-0.2, 0) is 0 Å². The van der Waals surface area contributed by atoms with E-state index in [1.165, 1.54) is 32.7 Å². The van der Waals surface area contributed by atoms with Crippen LogP contribution >= 0.6 is 0 Å². The molecule has 0 aromatic rings. The van der Waals surface area contributed by atoms with Crippen molar-refractivity contribution >= 4 is 0 Å². The van der Waals surface area contributed by atoms with Crippen molar-refractivity contribution in [1.82, 2.24) is 14.7 Å². The minimum atomic E-state index is 0.313. The van der Waals surface area contributed by atoms with E-state index in [1.54, 1.807) is 0 Å². The predicted molar refractivity (Wildman–Crippen MR) is 70.9 cm³/mol. The number of hydrogen-bond donors (Lipinski definition) is 0. The summed E-state index contributed by atoms with van der Waals surface area (Å²) in [4.78, 5) is 7.48. The Kier molecular flexibility index (Phi) is 4.77. The lowest BCUT2D eigenvalue weighted by molar-refractivity contribution is 0.0164. The van der Waals surface area contributed by atoms with Crippen LogP contribution in [0.25, 0.3) is 0 Å². The molecule has 0 spiro atoms. The maximum absolute atomic E-state index is 2.62. The Morgan fingerprint density at radius 3 is 2.25 bits per heavy atom. The highest BCUT2D eigenvalue weighted by Gasteiger charge is 2.30. The standard InChI is InChI=1S/C13H29N3/c1-12-11-15(8-7-14(5)6)9-10-16(12)13(2,3)4/h12H,7-11H2,1-6H3. The molecule has 0 radical (unpaired) electrons. The van der Waals surface area contributed by atoms with Crippen molar-refractivity contribution in [1.29, 1.82) is 0 Å². The molecule has 0 N–H and O–H groups in total. The number of likely N-dealkylation sites (N-methyl/N-ethyl adjacent to an activating group) is 1. The molecule has 1 atom stereocenters. The Morgan fingerprint density at radius 2 is 1.81 bits per heavy atom. The first-order valence-corrected chi connectivity index (χ1v) is 6.44. The van der Waals surface area contributed by atoms with Crippen LogP contribution < -0.4 is 0 Å². The van der Waals surface area contributed by atoms with Crippen molar-refractivity contribution in [2.45, 2.75) is 39.3 Å². The van der Waals surface area contributed by atoms with Crippen LogP contribution in [0.1, 0.15) is 27.7 Å². The second-order valence-corrected chi connectivity index (χ2v) is 6.32. The normalized spacial score (nSPS) is 25.3. The molecule has 0 aromatic heterocycles. The number of piperazine rings is 1. The number of nitrogens with zero attached hydrogens (tertiary/aromatic N) is 3. The van der Waals surface area contributed by atoms with Gasteiger partial charge in [0.1, 0.15) is 0 Å². The highest BCUT2D eigenvalue weighted by Crippen LogP contribution is 2.20. The Hall–Kier alpha value is -0.120. The summed E-state index contributed by atoms with van der Waals surface area (Å²) in [6.45, 7) is 15.3. The molecule has 0 saturated carbocycles. The van der Waals surface area contributed by atoms with E-state index in [-0.39, 0.29) is 0 Å². The Morgan fingerprint density at radius 1 is 1.19 bits per heavy atom. The maximum atomic E-state index is 2.62. The van der Waals surface area contributed by atoms with Crippen molar-refractivity contribution in [3.05, 3.63) is 0 Å². The van der Waals surface area contributed by atoms with Gasteiger partial charge in [0, 0.05) is 44.3 Å². The molecule has 0 aromatic carbocycles. The summed E-state index contributed by atoms with van der Waals surface area (Å²) >= 11 is 0. The largest absolute Gasteiger partial charge is 0.308 e. The molecule has 1 fully saturated rings. The average molecular weight is 227 g/mol. The second-order valence-electron chi connectivity index (χ2n) is 6.32. The molecular formula is C13H29N3. The van der Waals surface area contributed by atoms with Gasteiger partial charge in [-0.15, -0.1) is 0 Å². The summed E-state index contributed by atoms with van der Waals surface area (Å²) in [6.07, 6.45) is 0. The SMILES string of the molecule is CC1CN(CCN(C)C)CCN1C(C)(C)C. The van der Waals surface area contributed by atoms with Crippen molar-refractivity contribution in [3.8, 4) is 0 Å². The Labute approximate surface area is 101 Å². The van der Waals surface area contributed by atoms with Crippen LogP contribution in [0.2, 0.25) is 0 Å². The predicted octanol–water partition coefficient (Wildman–Crippen LogP) is 1.35. The summed E-state index contributed by atoms with van der Waals surface area (Å²) < 4.78 is 0. The Bertz CT molecular complexity index is 208. The van der Waals surface area contributed by atoms with Gasteiger partial charge in [-0.1, -0.05) is 0 Å². The zero-order valence-electron chi connectivity index (χ0n) is 12.0. The van der Waals surface area contributed by atoms with E-state index in [1.807, 2.05) is 0 Å². The topological polar surface area (TPSA) is 9.72 Å². The van der Waals surface area contributed by atoms with Gasteiger partial charge in [-0.3, -0.25) is 9.80 Å². The van der Waals surface area contributed by atoms with E-state index in [0.29, 0.717) is 11.6 Å². The third-order valence-electron chi connectivity index (χ3n) is 3.44. The van der Waals surface area contributed by atoms with Crippen molar-refractivity contribution < 1.29 is 0 Å². The van der Waals surface area contributed by atoms with Gasteiger partial charge in [0.25, 0.3) is 0 Å². The lowest BCUT2D eigenvalue weighted by Crippen LogP contribution is -2.58. The fourth-order valence-electron chi connectivity index (χ4n) is 2.57. The van der Waals surface area contributed by atoms with Crippen molar-refractivity contribution in [2.75, 3.05) is 46.8 Å². The van der Waals surface area contributed by atoms with Gasteiger partial charge in [-0.05, 0) is 41.8 Å². The average Bonchev–Trinajstić information content (AvgIpc) is 2.12. The van der Waals surface area contributed by atoms with Crippen LogP contribution in [0.4, 0.5) is 0 Å². The quantitative estimate of drug-likeness (QED) is 0.721. The van der Waals surface area contributed by atoms with Crippen molar-refractivity contribution in [3.63, 3.8) is 0 Å². The zero-order valence-corrected chi connectivity index (χ0v) is 12.0. The molecule has 1 aliphatic rings. The molecule has 16 heavy (non-hydrogen) atoms. The fraction of sp³-hybridized carbons (Fsp3) is 1.00. The van der Waals surface area contributed by atoms with Gasteiger partial charge >= 0.3 is 0 Å². The van der Waals surface area contributed by atoms with E-state index in [2.05, 4.69) is 56.5 Å². The molecule has 1 aliphatic heterocycles. The van der Waals surface area contributed by atoms with E-state index in [9.17, 15) is 0 Å². The molecule has 1 unspecified atom stereocenters. The summed E-state index contributed by atoms with van der Waals surface area (Å²) in [5, 5.41) is 0. The van der Waals surface area contributed by atoms with Crippen LogP contribution in [0.15, 0.2) is 0 Å². The minimum Gasteiger partial charge on any atom is -0.308 e. The van der Waals surface area contributed by atoms with Gasteiger partial charge in [0.05, 0.1) is 0 Å². The molecule has 0 bridgehead atoms. The second kappa shape index (κ2) is 5.48. The van der Waals surface area contributed by atoms with Crippen LogP contribution in [-0.4, -0.2) is 73.1 Å². The monoisotopic (exact) mass is 227 g/mol. The van der Waals surface area contributed by atoms with Gasteiger partial charge in [0.2, 0.25) is 0 Å². The number of rotatable bonds is 3. The lowest BCUT2D eigenvalue weighted by Gasteiger charge is -2.47. The van der Waals surface area contributed by atoms with E-state index < -0.39 is 0 Å². The van der Waals surface area contributed by atoms with Crippen LogP contribution in [0.3, 0.4) is 0 Å². The maximum Gasteiger partial charge on any atom is 0.0200 e. The summed E-state index contributed by atoms with van der Waals surface area (Å²) in [7, 11) is 4.30. The Balaban J connectivity index is 2.40. The minimum absolute atomic E-state index is 0.313. The number of hydrogen-bond acceptors (Lipinski definition) is 3. The van der Waals surface area contributed by atoms with Gasteiger partial charge in [-0.25, -0.2) is 0 Å². The first kappa shape index (κ1) is 13.9. The van der Waals surface area contributed by atoms with Gasteiger partial charge in [-0.2, -0.15) is 0 Å². The molecule has 1 heterocycles. The highest BCUT2D eigenvalue weighted by molar-refractivity contribution is 4.87. The summed E-state index contributed by atoms with van der Waals surface area (Å²) in [5.74, 6) is 0. The molecule has 1 rings (SSSR count). The fourth-order valence-corrected chi connectivity index (χ4v) is 2.57. The van der Waals surface area contributed by atoms with E-state index in [0.717, 1.165) is 0 Å². The molecule has 3 heteroatoms. The third-order valence-corrected chi connectivity index (χ3v) is 3.44. The first-order valence-electron chi connectivity index (χ1n) is 6.44. The first-order chi connectivity index (χ1) is 7.30. The van der Waals surface area contributed by atoms with Gasteiger partial charge in [0.15, 0.2) is 0 Å². The molecule has 0 aliphatic carbocycles. The van der Waals surface area contributed by atoms with Crippen molar-refractivity contribution in [2.24, 2.45) is 0 Å². The molecule has 0 amide bonds. The molecular weight excluding hydrogens is 198 g/mol. The highest BCUT2D eigenvalue weighted by atomic mass is 15.3. The summed E-state index contributed by atoms with van der Waals surface area (Å²) in [6, 6.07) is 0.677.